The summed E-state index contributed by atoms with van der Waals surface area (Å²) in [6, 6.07) is 2.60. The molecule has 1 heterocycles. The number of hydrogen-bond acceptors (Lipinski definition) is 3. The molecule has 0 unspecified atom stereocenters. The Morgan fingerprint density at radius 3 is 2.48 bits per heavy atom. The highest BCUT2D eigenvalue weighted by Gasteiger charge is 2.30. The zero-order valence-electron chi connectivity index (χ0n) is 11.3. The van der Waals surface area contributed by atoms with Crippen molar-refractivity contribution in [3.8, 4) is 0 Å². The molecule has 1 aliphatic rings. The van der Waals surface area contributed by atoms with Crippen LogP contribution in [0.3, 0.4) is 0 Å². The zero-order valence-corrected chi connectivity index (χ0v) is 12.8. The lowest BCUT2D eigenvalue weighted by Gasteiger charge is -2.31. The zero-order chi connectivity index (χ0) is 15.5. The molecular weight excluding hydrogens is 324 g/mol. The van der Waals surface area contributed by atoms with E-state index >= 15 is 0 Å². The summed E-state index contributed by atoms with van der Waals surface area (Å²) in [6.45, 7) is 1.00. The molecule has 0 bridgehead atoms. The summed E-state index contributed by atoms with van der Waals surface area (Å²) in [6.07, 6.45) is 1.10. The fourth-order valence-corrected chi connectivity index (χ4v) is 3.81. The molecule has 2 rings (SSSR count). The van der Waals surface area contributed by atoms with Crippen LogP contribution < -0.4 is 0 Å². The summed E-state index contributed by atoms with van der Waals surface area (Å²) in [5.41, 5.74) is 0. The van der Waals surface area contributed by atoms with Crippen LogP contribution in [0.25, 0.3) is 0 Å². The first-order valence-corrected chi connectivity index (χ1v) is 8.55. The van der Waals surface area contributed by atoms with Gasteiger partial charge in [0.1, 0.15) is 0 Å². The fourth-order valence-electron chi connectivity index (χ4n) is 2.24. The van der Waals surface area contributed by atoms with E-state index in [4.69, 9.17) is 16.3 Å². The Balaban J connectivity index is 2.06. The van der Waals surface area contributed by atoms with Crippen LogP contribution in [-0.4, -0.2) is 44.4 Å². The molecule has 0 amide bonds. The number of hydrogen-bond donors (Lipinski definition) is 0. The minimum Gasteiger partial charge on any atom is -0.377 e. The molecule has 21 heavy (non-hydrogen) atoms. The van der Waals surface area contributed by atoms with Gasteiger partial charge in [-0.05, 0) is 31.0 Å². The molecule has 4 nitrogen and oxygen atoms in total. The summed E-state index contributed by atoms with van der Waals surface area (Å²) in [5.74, 6) is -1.84. The number of sulfonamides is 1. The van der Waals surface area contributed by atoms with Crippen molar-refractivity contribution in [3.05, 3.63) is 29.8 Å². The van der Waals surface area contributed by atoms with E-state index in [2.05, 4.69) is 0 Å². The van der Waals surface area contributed by atoms with Crippen molar-refractivity contribution < 1.29 is 21.9 Å². The second-order valence-electron chi connectivity index (χ2n) is 4.74. The van der Waals surface area contributed by atoms with Crippen LogP contribution in [0.15, 0.2) is 23.1 Å². The lowest BCUT2D eigenvalue weighted by Crippen LogP contribution is -2.41. The molecule has 0 N–H and O–H groups in total. The van der Waals surface area contributed by atoms with Gasteiger partial charge in [-0.25, -0.2) is 17.2 Å². The van der Waals surface area contributed by atoms with Gasteiger partial charge in [-0.2, -0.15) is 4.31 Å². The average Bonchev–Trinajstić information content (AvgIpc) is 2.48. The molecule has 0 atom stereocenters. The molecular formula is C13H16ClF2NO3S. The second kappa shape index (κ2) is 7.00. The van der Waals surface area contributed by atoms with Crippen LogP contribution in [-0.2, 0) is 14.8 Å². The highest BCUT2D eigenvalue weighted by atomic mass is 35.5. The van der Waals surface area contributed by atoms with Crippen molar-refractivity contribution in [2.24, 2.45) is 0 Å². The van der Waals surface area contributed by atoms with Crippen LogP contribution in [0, 0.1) is 11.6 Å². The van der Waals surface area contributed by atoms with E-state index in [1.54, 1.807) is 0 Å². The number of rotatable bonds is 5. The van der Waals surface area contributed by atoms with E-state index in [0.717, 1.165) is 12.1 Å². The average molecular weight is 340 g/mol. The largest absolute Gasteiger partial charge is 0.377 e. The lowest BCUT2D eigenvalue weighted by atomic mass is 10.1. The Morgan fingerprint density at radius 1 is 1.24 bits per heavy atom. The van der Waals surface area contributed by atoms with E-state index < -0.39 is 21.7 Å². The summed E-state index contributed by atoms with van der Waals surface area (Å²) in [7, 11) is -3.80. The summed E-state index contributed by atoms with van der Waals surface area (Å²) in [5, 5.41) is 0. The monoisotopic (exact) mass is 339 g/mol. The van der Waals surface area contributed by atoms with Crippen molar-refractivity contribution in [1.82, 2.24) is 4.31 Å². The standard InChI is InChI=1S/C13H16ClF2NO3S/c14-5-8-20-10-3-6-17(7-4-10)21(18,19)11-1-2-12(15)13(16)9-11/h1-2,9-10H,3-8H2. The number of nitrogens with zero attached hydrogens (tertiary/aromatic N) is 1. The maximum absolute atomic E-state index is 13.2. The second-order valence-corrected chi connectivity index (χ2v) is 7.06. The van der Waals surface area contributed by atoms with Crippen LogP contribution in [0.1, 0.15) is 12.8 Å². The van der Waals surface area contributed by atoms with E-state index in [0.29, 0.717) is 31.4 Å². The molecule has 0 aromatic heterocycles. The number of piperidine rings is 1. The van der Waals surface area contributed by atoms with Gasteiger partial charge < -0.3 is 4.74 Å². The molecule has 118 valence electrons. The third-order valence-corrected chi connectivity index (χ3v) is 5.41. The quantitative estimate of drug-likeness (QED) is 0.774. The van der Waals surface area contributed by atoms with Gasteiger partial charge in [-0.3, -0.25) is 0 Å². The maximum atomic E-state index is 13.2. The van der Waals surface area contributed by atoms with Crippen LogP contribution >= 0.6 is 11.6 Å². The predicted octanol–water partition coefficient (Wildman–Crippen LogP) is 2.37. The molecule has 0 saturated carbocycles. The third kappa shape index (κ3) is 3.91. The van der Waals surface area contributed by atoms with E-state index in [-0.39, 0.29) is 24.1 Å². The molecule has 8 heteroatoms. The molecule has 1 aromatic carbocycles. The number of alkyl halides is 1. The van der Waals surface area contributed by atoms with E-state index in [1.807, 2.05) is 0 Å². The first-order valence-electron chi connectivity index (χ1n) is 6.58. The molecule has 1 saturated heterocycles. The Bertz CT molecular complexity index is 589. The number of benzene rings is 1. The van der Waals surface area contributed by atoms with Crippen LogP contribution in [0.5, 0.6) is 0 Å². The topological polar surface area (TPSA) is 46.6 Å². The smallest absolute Gasteiger partial charge is 0.243 e. The van der Waals surface area contributed by atoms with Gasteiger partial charge in [0, 0.05) is 19.0 Å². The van der Waals surface area contributed by atoms with Gasteiger partial charge in [-0.1, -0.05) is 0 Å². The Kier molecular flexibility index (Phi) is 5.54. The van der Waals surface area contributed by atoms with Crippen LogP contribution in [0.4, 0.5) is 8.78 Å². The molecule has 0 aliphatic carbocycles. The summed E-state index contributed by atoms with van der Waals surface area (Å²) < 4.78 is 57.5. The SMILES string of the molecule is O=S(=O)(c1ccc(F)c(F)c1)N1CCC(OCCCl)CC1. The van der Waals surface area contributed by atoms with Gasteiger partial charge in [0.2, 0.25) is 10.0 Å². The molecule has 0 radical (unpaired) electrons. The number of ether oxygens (including phenoxy) is 1. The predicted molar refractivity (Wildman–Crippen MR) is 74.8 cm³/mol. The van der Waals surface area contributed by atoms with Gasteiger partial charge >= 0.3 is 0 Å². The van der Waals surface area contributed by atoms with Crippen LogP contribution in [0.2, 0.25) is 0 Å². The van der Waals surface area contributed by atoms with Gasteiger partial charge in [0.05, 0.1) is 17.6 Å². The Hall–Kier alpha value is -0.760. The molecule has 1 aliphatic heterocycles. The highest BCUT2D eigenvalue weighted by Crippen LogP contribution is 2.23. The van der Waals surface area contributed by atoms with Crippen molar-refractivity contribution >= 4 is 21.6 Å². The van der Waals surface area contributed by atoms with Gasteiger partial charge in [-0.15, -0.1) is 11.6 Å². The minimum absolute atomic E-state index is 0.0137. The molecule has 0 spiro atoms. The third-order valence-electron chi connectivity index (χ3n) is 3.36. The van der Waals surface area contributed by atoms with Crippen molar-refractivity contribution in [2.45, 2.75) is 23.8 Å². The minimum atomic E-state index is -3.80. The number of halogens is 3. The van der Waals surface area contributed by atoms with Gasteiger partial charge in [0.25, 0.3) is 0 Å². The van der Waals surface area contributed by atoms with E-state index in [9.17, 15) is 17.2 Å². The summed E-state index contributed by atoms with van der Waals surface area (Å²) in [4.78, 5) is -0.235. The lowest BCUT2D eigenvalue weighted by molar-refractivity contribution is 0.0301. The highest BCUT2D eigenvalue weighted by molar-refractivity contribution is 7.89. The molecule has 1 fully saturated rings. The van der Waals surface area contributed by atoms with Crippen molar-refractivity contribution in [1.29, 1.82) is 0 Å². The Labute approximate surface area is 127 Å². The first-order chi connectivity index (χ1) is 9.95. The van der Waals surface area contributed by atoms with E-state index in [1.165, 1.54) is 4.31 Å². The first kappa shape index (κ1) is 16.6. The van der Waals surface area contributed by atoms with Crippen molar-refractivity contribution in [3.63, 3.8) is 0 Å². The Morgan fingerprint density at radius 2 is 1.90 bits per heavy atom. The maximum Gasteiger partial charge on any atom is 0.243 e. The van der Waals surface area contributed by atoms with Crippen molar-refractivity contribution in [2.75, 3.05) is 25.6 Å². The fraction of sp³-hybridized carbons (Fsp3) is 0.538. The normalized spacial score (nSPS) is 18.0. The summed E-state index contributed by atoms with van der Waals surface area (Å²) >= 11 is 5.53. The molecule has 1 aromatic rings. The van der Waals surface area contributed by atoms with Gasteiger partial charge in [0.15, 0.2) is 11.6 Å².